The third-order valence-electron chi connectivity index (χ3n) is 5.70. The number of benzene rings is 2. The molecule has 0 saturated carbocycles. The summed E-state index contributed by atoms with van der Waals surface area (Å²) >= 11 is 6.15. The minimum Gasteiger partial charge on any atom is -0.486 e. The molecular weight excluding hydrogens is 457 g/mol. The van der Waals surface area contributed by atoms with Crippen LogP contribution >= 0.6 is 11.6 Å². The molecule has 0 radical (unpaired) electrons. The lowest BCUT2D eigenvalue weighted by Crippen LogP contribution is -2.12. The van der Waals surface area contributed by atoms with E-state index >= 15 is 0 Å². The molecule has 1 N–H and O–H groups in total. The molecule has 0 spiro atoms. The van der Waals surface area contributed by atoms with Gasteiger partial charge in [0.05, 0.1) is 23.6 Å². The first-order chi connectivity index (χ1) is 16.2. The highest BCUT2D eigenvalue weighted by Crippen LogP contribution is 2.25. The standard InChI is InChI=1S/C26H25ClFN3O3/c1-15-5-8-21(11-16(15)2)33-14-22-9-10-24(34-22)26(32)29-25-17(3)30-31(18(25)4)13-19-6-7-20(28)12-23(19)27/h5-12H,13-14H2,1-4H3,(H,29,32). The number of nitrogens with one attached hydrogen (secondary N) is 1. The second kappa shape index (κ2) is 9.73. The molecule has 4 aromatic rings. The van der Waals surface area contributed by atoms with Gasteiger partial charge in [-0.25, -0.2) is 4.39 Å². The van der Waals surface area contributed by atoms with Gasteiger partial charge in [-0.05, 0) is 80.8 Å². The number of furan rings is 1. The molecule has 0 bridgehead atoms. The summed E-state index contributed by atoms with van der Waals surface area (Å²) in [7, 11) is 0. The molecule has 176 valence electrons. The Hall–Kier alpha value is -3.58. The Bertz CT molecular complexity index is 1360. The van der Waals surface area contributed by atoms with E-state index in [1.165, 1.54) is 17.7 Å². The first-order valence-electron chi connectivity index (χ1n) is 10.8. The number of hydrogen-bond donors (Lipinski definition) is 1. The lowest BCUT2D eigenvalue weighted by molar-refractivity contribution is 0.0992. The monoisotopic (exact) mass is 481 g/mol. The number of carbonyl (C=O) groups is 1. The third-order valence-corrected chi connectivity index (χ3v) is 6.05. The highest BCUT2D eigenvalue weighted by atomic mass is 35.5. The lowest BCUT2D eigenvalue weighted by atomic mass is 10.1. The molecule has 0 aliphatic carbocycles. The largest absolute Gasteiger partial charge is 0.486 e. The van der Waals surface area contributed by atoms with Gasteiger partial charge < -0.3 is 14.5 Å². The quantitative estimate of drug-likeness (QED) is 0.332. The van der Waals surface area contributed by atoms with Crippen LogP contribution in [0.3, 0.4) is 0 Å². The average molecular weight is 482 g/mol. The summed E-state index contributed by atoms with van der Waals surface area (Å²) in [5.41, 5.74) is 5.05. The van der Waals surface area contributed by atoms with E-state index in [0.29, 0.717) is 28.7 Å². The maximum Gasteiger partial charge on any atom is 0.291 e. The molecule has 0 aliphatic rings. The number of halogens is 2. The number of ether oxygens (including phenoxy) is 1. The van der Waals surface area contributed by atoms with E-state index in [2.05, 4.69) is 10.4 Å². The first-order valence-corrected chi connectivity index (χ1v) is 11.2. The van der Waals surface area contributed by atoms with Crippen LogP contribution in [0.1, 0.15) is 44.4 Å². The summed E-state index contributed by atoms with van der Waals surface area (Å²) in [6.07, 6.45) is 0. The molecule has 2 aromatic carbocycles. The van der Waals surface area contributed by atoms with Crippen molar-refractivity contribution in [3.05, 3.63) is 99.0 Å². The van der Waals surface area contributed by atoms with E-state index < -0.39 is 5.82 Å². The number of rotatable bonds is 7. The van der Waals surface area contributed by atoms with Crippen molar-refractivity contribution in [2.24, 2.45) is 0 Å². The van der Waals surface area contributed by atoms with Crippen molar-refractivity contribution in [3.8, 4) is 5.75 Å². The van der Waals surface area contributed by atoms with Crippen LogP contribution in [0.15, 0.2) is 52.9 Å². The summed E-state index contributed by atoms with van der Waals surface area (Å²) < 4.78 is 26.5. The van der Waals surface area contributed by atoms with Crippen LogP contribution in [0.2, 0.25) is 5.02 Å². The summed E-state index contributed by atoms with van der Waals surface area (Å²) in [5, 5.41) is 7.70. The second-order valence-corrected chi connectivity index (χ2v) is 8.60. The van der Waals surface area contributed by atoms with Gasteiger partial charge in [-0.3, -0.25) is 9.48 Å². The highest BCUT2D eigenvalue weighted by Gasteiger charge is 2.18. The van der Waals surface area contributed by atoms with Gasteiger partial charge in [0.25, 0.3) is 5.91 Å². The number of nitrogens with zero attached hydrogens (tertiary/aromatic N) is 2. The molecule has 2 heterocycles. The van der Waals surface area contributed by atoms with Crippen LogP contribution in [0.5, 0.6) is 5.75 Å². The number of aromatic nitrogens is 2. The fourth-order valence-corrected chi connectivity index (χ4v) is 3.78. The Morgan fingerprint density at radius 2 is 1.88 bits per heavy atom. The predicted molar refractivity (Wildman–Crippen MR) is 129 cm³/mol. The normalized spacial score (nSPS) is 11.0. The van der Waals surface area contributed by atoms with Crippen molar-refractivity contribution in [2.45, 2.75) is 40.8 Å². The van der Waals surface area contributed by atoms with Gasteiger partial charge in [-0.15, -0.1) is 0 Å². The molecule has 1 amide bonds. The molecule has 0 aliphatic heterocycles. The fourth-order valence-electron chi connectivity index (χ4n) is 3.55. The second-order valence-electron chi connectivity index (χ2n) is 8.19. The molecule has 8 heteroatoms. The Morgan fingerprint density at radius 1 is 1.09 bits per heavy atom. The Labute approximate surface area is 202 Å². The van der Waals surface area contributed by atoms with E-state index in [1.807, 2.05) is 39.0 Å². The van der Waals surface area contributed by atoms with Gasteiger partial charge in [0.1, 0.15) is 23.9 Å². The number of hydrogen-bond acceptors (Lipinski definition) is 4. The van der Waals surface area contributed by atoms with Crippen molar-refractivity contribution >= 4 is 23.2 Å². The summed E-state index contributed by atoms with van der Waals surface area (Å²) in [4.78, 5) is 12.8. The van der Waals surface area contributed by atoms with Crippen LogP contribution in [0.25, 0.3) is 0 Å². The summed E-state index contributed by atoms with van der Waals surface area (Å²) in [6.45, 7) is 8.28. The number of anilines is 1. The van der Waals surface area contributed by atoms with Gasteiger partial charge >= 0.3 is 0 Å². The van der Waals surface area contributed by atoms with Gasteiger partial charge in [0, 0.05) is 5.02 Å². The molecule has 0 saturated heterocycles. The maximum atomic E-state index is 13.3. The molecule has 4 rings (SSSR count). The maximum absolute atomic E-state index is 13.3. The molecular formula is C26H25ClFN3O3. The minimum absolute atomic E-state index is 0.173. The molecule has 0 unspecified atom stereocenters. The molecule has 34 heavy (non-hydrogen) atoms. The highest BCUT2D eigenvalue weighted by molar-refractivity contribution is 6.31. The van der Waals surface area contributed by atoms with Crippen molar-refractivity contribution in [1.82, 2.24) is 9.78 Å². The number of carbonyl (C=O) groups excluding carboxylic acids is 1. The minimum atomic E-state index is -0.396. The smallest absolute Gasteiger partial charge is 0.291 e. The van der Waals surface area contributed by atoms with Crippen molar-refractivity contribution in [2.75, 3.05) is 5.32 Å². The number of aryl methyl sites for hydroxylation is 3. The summed E-state index contributed by atoms with van der Waals surface area (Å²) in [6, 6.07) is 13.4. The SMILES string of the molecule is Cc1ccc(OCc2ccc(C(=O)Nc3c(C)nn(Cc4ccc(F)cc4Cl)c3C)o2)cc1C. The van der Waals surface area contributed by atoms with E-state index in [0.717, 1.165) is 22.6 Å². The summed E-state index contributed by atoms with van der Waals surface area (Å²) in [5.74, 6) is 0.672. The van der Waals surface area contributed by atoms with Crippen LogP contribution < -0.4 is 10.1 Å². The molecule has 0 fully saturated rings. The van der Waals surface area contributed by atoms with Crippen LogP contribution in [0.4, 0.5) is 10.1 Å². The molecule has 0 atom stereocenters. The zero-order valence-electron chi connectivity index (χ0n) is 19.4. The van der Waals surface area contributed by atoms with Gasteiger partial charge in [0.15, 0.2) is 5.76 Å². The van der Waals surface area contributed by atoms with E-state index in [9.17, 15) is 9.18 Å². The Morgan fingerprint density at radius 3 is 2.62 bits per heavy atom. The molecule has 2 aromatic heterocycles. The number of amides is 1. The predicted octanol–water partition coefficient (Wildman–Crippen LogP) is 6.38. The average Bonchev–Trinajstić information content (AvgIpc) is 3.37. The molecule has 6 nitrogen and oxygen atoms in total. The Balaban J connectivity index is 1.42. The Kier molecular flexibility index (Phi) is 6.75. The van der Waals surface area contributed by atoms with E-state index in [4.69, 9.17) is 20.8 Å². The van der Waals surface area contributed by atoms with Gasteiger partial charge in [0.2, 0.25) is 0 Å². The fraction of sp³-hybridized carbons (Fsp3) is 0.231. The van der Waals surface area contributed by atoms with E-state index in [-0.39, 0.29) is 18.3 Å². The lowest BCUT2D eigenvalue weighted by Gasteiger charge is -2.08. The first kappa shape index (κ1) is 23.6. The van der Waals surface area contributed by atoms with Crippen molar-refractivity contribution in [1.29, 1.82) is 0 Å². The zero-order valence-corrected chi connectivity index (χ0v) is 20.2. The zero-order chi connectivity index (χ0) is 24.4. The van der Waals surface area contributed by atoms with Crippen molar-refractivity contribution < 1.29 is 18.3 Å². The van der Waals surface area contributed by atoms with Crippen molar-refractivity contribution in [3.63, 3.8) is 0 Å². The topological polar surface area (TPSA) is 69.3 Å². The third kappa shape index (κ3) is 5.15. The van der Waals surface area contributed by atoms with Gasteiger partial charge in [-0.1, -0.05) is 23.7 Å². The van der Waals surface area contributed by atoms with Crippen LogP contribution in [-0.4, -0.2) is 15.7 Å². The van der Waals surface area contributed by atoms with Crippen LogP contribution in [0, 0.1) is 33.5 Å². The van der Waals surface area contributed by atoms with Crippen LogP contribution in [-0.2, 0) is 13.2 Å². The van der Waals surface area contributed by atoms with E-state index in [1.54, 1.807) is 29.8 Å². The van der Waals surface area contributed by atoms with Gasteiger partial charge in [-0.2, -0.15) is 5.10 Å².